The number of amides is 2. The summed E-state index contributed by atoms with van der Waals surface area (Å²) < 4.78 is 0. The van der Waals surface area contributed by atoms with E-state index in [1.54, 1.807) is 0 Å². The molecule has 2 aliphatic rings. The number of thiophene rings is 1. The quantitative estimate of drug-likeness (QED) is 0.824. The van der Waals surface area contributed by atoms with Gasteiger partial charge in [0, 0.05) is 25.6 Å². The number of likely N-dealkylation sites (tertiary alicyclic amines) is 1. The fourth-order valence-electron chi connectivity index (χ4n) is 4.54. The highest BCUT2D eigenvalue weighted by Gasteiger charge is 2.49. The first-order valence-electron chi connectivity index (χ1n) is 10.2. The Morgan fingerprint density at radius 3 is 2.54 bits per heavy atom. The third-order valence-corrected chi connectivity index (χ3v) is 7.51. The van der Waals surface area contributed by atoms with Gasteiger partial charge in [0.15, 0.2) is 0 Å². The zero-order valence-electron chi connectivity index (χ0n) is 16.4. The highest BCUT2D eigenvalue weighted by atomic mass is 32.1. The predicted molar refractivity (Wildman–Crippen MR) is 113 cm³/mol. The molecule has 5 heteroatoms. The van der Waals surface area contributed by atoms with Gasteiger partial charge in [0.25, 0.3) is 5.91 Å². The predicted octanol–water partition coefficient (Wildman–Crippen LogP) is 4.19. The second kappa shape index (κ2) is 8.08. The normalized spacial score (nSPS) is 20.6. The van der Waals surface area contributed by atoms with Crippen molar-refractivity contribution >= 4 is 23.2 Å². The van der Waals surface area contributed by atoms with Gasteiger partial charge in [-0.05, 0) is 67.0 Å². The monoisotopic (exact) mass is 396 g/mol. The van der Waals surface area contributed by atoms with E-state index in [-0.39, 0.29) is 23.3 Å². The summed E-state index contributed by atoms with van der Waals surface area (Å²) in [5.41, 5.74) is 2.56. The van der Waals surface area contributed by atoms with Crippen LogP contribution in [-0.4, -0.2) is 35.8 Å². The highest BCUT2D eigenvalue weighted by Crippen LogP contribution is 2.49. The highest BCUT2D eigenvalue weighted by molar-refractivity contribution is 7.12. The molecule has 148 valence electrons. The number of piperidine rings is 1. The summed E-state index contributed by atoms with van der Waals surface area (Å²) in [6, 6.07) is 12.4. The number of aryl methyl sites for hydroxylation is 2. The molecule has 1 unspecified atom stereocenters. The van der Waals surface area contributed by atoms with Gasteiger partial charge in [0.2, 0.25) is 5.91 Å². The molecule has 2 amide bonds. The minimum atomic E-state index is 0.153. The molecule has 0 bridgehead atoms. The van der Waals surface area contributed by atoms with Crippen molar-refractivity contribution in [3.63, 3.8) is 0 Å². The molecule has 1 aliphatic heterocycles. The molecule has 1 aromatic carbocycles. The van der Waals surface area contributed by atoms with Gasteiger partial charge in [0.05, 0.1) is 4.88 Å². The third-order valence-electron chi connectivity index (χ3n) is 6.48. The van der Waals surface area contributed by atoms with Crippen LogP contribution in [0.4, 0.5) is 0 Å². The molecule has 4 nitrogen and oxygen atoms in total. The molecule has 1 aromatic heterocycles. The summed E-state index contributed by atoms with van der Waals surface area (Å²) in [7, 11) is 0. The van der Waals surface area contributed by atoms with E-state index >= 15 is 0 Å². The number of rotatable bonds is 5. The topological polar surface area (TPSA) is 49.4 Å². The standard InChI is InChI=1S/C23H28N2O2S/c1-17-15-19(28-16-17)22(27)25-13-11-23(12-14-25)10-9-20(23)24-21(26)8-7-18-5-3-2-4-6-18/h2-6,15-16,20H,7-14H2,1H3,(H,24,26). The van der Waals surface area contributed by atoms with Crippen LogP contribution in [0.5, 0.6) is 0 Å². The molecule has 2 fully saturated rings. The summed E-state index contributed by atoms with van der Waals surface area (Å²) in [5.74, 6) is 0.316. The van der Waals surface area contributed by atoms with Gasteiger partial charge in [0.1, 0.15) is 0 Å². The summed E-state index contributed by atoms with van der Waals surface area (Å²) in [5, 5.41) is 5.32. The Labute approximate surface area is 170 Å². The number of carbonyl (C=O) groups excluding carboxylic acids is 2. The van der Waals surface area contributed by atoms with E-state index < -0.39 is 0 Å². The van der Waals surface area contributed by atoms with Crippen LogP contribution < -0.4 is 5.32 Å². The van der Waals surface area contributed by atoms with Gasteiger partial charge >= 0.3 is 0 Å². The van der Waals surface area contributed by atoms with Crippen molar-refractivity contribution in [2.45, 2.75) is 51.5 Å². The number of hydrogen-bond donors (Lipinski definition) is 1. The van der Waals surface area contributed by atoms with Crippen LogP contribution in [-0.2, 0) is 11.2 Å². The molecule has 4 rings (SSSR count). The molecule has 2 aromatic rings. The van der Waals surface area contributed by atoms with Crippen molar-refractivity contribution < 1.29 is 9.59 Å². The number of benzene rings is 1. The molecular formula is C23H28N2O2S. The summed E-state index contributed by atoms with van der Waals surface area (Å²) in [6.07, 6.45) is 5.54. The van der Waals surface area contributed by atoms with Crippen LogP contribution in [0.2, 0.25) is 0 Å². The van der Waals surface area contributed by atoms with Crippen LogP contribution in [0.25, 0.3) is 0 Å². The van der Waals surface area contributed by atoms with Crippen molar-refractivity contribution in [1.29, 1.82) is 0 Å². The number of hydrogen-bond acceptors (Lipinski definition) is 3. The molecule has 28 heavy (non-hydrogen) atoms. The first-order chi connectivity index (χ1) is 13.6. The lowest BCUT2D eigenvalue weighted by molar-refractivity contribution is -0.125. The van der Waals surface area contributed by atoms with Crippen LogP contribution in [0.1, 0.15) is 52.9 Å². The fourth-order valence-corrected chi connectivity index (χ4v) is 5.41. The largest absolute Gasteiger partial charge is 0.353 e. The first kappa shape index (κ1) is 19.2. The van der Waals surface area contributed by atoms with E-state index in [1.807, 2.05) is 41.5 Å². The van der Waals surface area contributed by atoms with Crippen molar-refractivity contribution in [3.8, 4) is 0 Å². The van der Waals surface area contributed by atoms with E-state index in [4.69, 9.17) is 0 Å². The maximum Gasteiger partial charge on any atom is 0.263 e. The second-order valence-corrected chi connectivity index (χ2v) is 9.20. The van der Waals surface area contributed by atoms with Gasteiger partial charge in [-0.1, -0.05) is 30.3 Å². The Morgan fingerprint density at radius 1 is 1.18 bits per heavy atom. The van der Waals surface area contributed by atoms with Crippen molar-refractivity contribution in [1.82, 2.24) is 10.2 Å². The molecule has 1 aliphatic carbocycles. The van der Waals surface area contributed by atoms with Crippen LogP contribution in [0, 0.1) is 12.3 Å². The molecule has 1 spiro atoms. The van der Waals surface area contributed by atoms with Gasteiger partial charge in [-0.2, -0.15) is 0 Å². The molecule has 2 heterocycles. The van der Waals surface area contributed by atoms with E-state index in [2.05, 4.69) is 17.4 Å². The van der Waals surface area contributed by atoms with E-state index in [9.17, 15) is 9.59 Å². The smallest absolute Gasteiger partial charge is 0.263 e. The Bertz CT molecular complexity index is 837. The Hall–Kier alpha value is -2.14. The number of nitrogens with one attached hydrogen (secondary N) is 1. The maximum absolute atomic E-state index is 12.7. The van der Waals surface area contributed by atoms with Crippen LogP contribution >= 0.6 is 11.3 Å². The summed E-state index contributed by atoms with van der Waals surface area (Å²) in [4.78, 5) is 27.9. The summed E-state index contributed by atoms with van der Waals surface area (Å²) in [6.45, 7) is 3.62. The zero-order valence-corrected chi connectivity index (χ0v) is 17.3. The van der Waals surface area contributed by atoms with E-state index in [0.29, 0.717) is 6.42 Å². The minimum absolute atomic E-state index is 0.153. The number of nitrogens with zero attached hydrogens (tertiary/aromatic N) is 1. The Balaban J connectivity index is 1.27. The van der Waals surface area contributed by atoms with Gasteiger partial charge in [-0.25, -0.2) is 0 Å². The van der Waals surface area contributed by atoms with Crippen molar-refractivity contribution in [2.24, 2.45) is 5.41 Å². The Morgan fingerprint density at radius 2 is 1.93 bits per heavy atom. The molecule has 1 atom stereocenters. The SMILES string of the molecule is Cc1csc(C(=O)N2CCC3(CCC3NC(=O)CCc3ccccc3)CC2)c1. The lowest BCUT2D eigenvalue weighted by Crippen LogP contribution is -2.59. The van der Waals surface area contributed by atoms with Crippen molar-refractivity contribution in [3.05, 3.63) is 57.8 Å². The molecule has 1 N–H and O–H groups in total. The zero-order chi connectivity index (χ0) is 19.6. The Kier molecular flexibility index (Phi) is 5.54. The minimum Gasteiger partial charge on any atom is -0.353 e. The lowest BCUT2D eigenvalue weighted by atomic mass is 9.59. The van der Waals surface area contributed by atoms with E-state index in [1.165, 1.54) is 16.9 Å². The molecule has 1 saturated heterocycles. The fraction of sp³-hybridized carbons (Fsp3) is 0.478. The third kappa shape index (κ3) is 4.00. The first-order valence-corrected chi connectivity index (χ1v) is 11.1. The van der Waals surface area contributed by atoms with Gasteiger partial charge in [-0.3, -0.25) is 9.59 Å². The van der Waals surface area contributed by atoms with E-state index in [0.717, 1.165) is 55.6 Å². The van der Waals surface area contributed by atoms with Crippen LogP contribution in [0.15, 0.2) is 41.8 Å². The molecule has 1 saturated carbocycles. The van der Waals surface area contributed by atoms with Gasteiger partial charge in [-0.15, -0.1) is 11.3 Å². The maximum atomic E-state index is 12.7. The summed E-state index contributed by atoms with van der Waals surface area (Å²) >= 11 is 1.54. The average Bonchev–Trinajstić information content (AvgIpc) is 3.16. The number of carbonyl (C=O) groups is 2. The van der Waals surface area contributed by atoms with Crippen molar-refractivity contribution in [2.75, 3.05) is 13.1 Å². The molecule has 0 radical (unpaired) electrons. The van der Waals surface area contributed by atoms with Gasteiger partial charge < -0.3 is 10.2 Å². The lowest BCUT2D eigenvalue weighted by Gasteiger charge is -2.54. The average molecular weight is 397 g/mol. The molecular weight excluding hydrogens is 368 g/mol. The second-order valence-electron chi connectivity index (χ2n) is 8.29. The van der Waals surface area contributed by atoms with Crippen LogP contribution in [0.3, 0.4) is 0 Å².